The van der Waals surface area contributed by atoms with E-state index in [0.717, 1.165) is 37.2 Å². The lowest BCUT2D eigenvalue weighted by molar-refractivity contribution is 0.0878. The molecule has 3 aromatic rings. The van der Waals surface area contributed by atoms with E-state index < -0.39 is 6.23 Å². The number of rotatable bonds is 5. The first kappa shape index (κ1) is 25.5. The summed E-state index contributed by atoms with van der Waals surface area (Å²) in [6.07, 6.45) is 8.79. The van der Waals surface area contributed by atoms with E-state index in [2.05, 4.69) is 38.0 Å². The van der Waals surface area contributed by atoms with Gasteiger partial charge in [0.15, 0.2) is 18.3 Å². The van der Waals surface area contributed by atoms with E-state index in [-0.39, 0.29) is 5.91 Å². The molecule has 0 radical (unpaired) electrons. The number of aliphatic hydroxyl groups is 1. The molecule has 216 valence electrons. The summed E-state index contributed by atoms with van der Waals surface area (Å²) in [4.78, 5) is 36.6. The molecule has 11 heteroatoms. The van der Waals surface area contributed by atoms with Gasteiger partial charge >= 0.3 is 0 Å². The molecule has 3 aliphatic heterocycles. The molecule has 0 aromatic carbocycles. The van der Waals surface area contributed by atoms with Crippen LogP contribution in [0.25, 0.3) is 5.57 Å². The van der Waals surface area contributed by atoms with Crippen molar-refractivity contribution in [1.29, 1.82) is 0 Å². The van der Waals surface area contributed by atoms with Crippen LogP contribution in [0.3, 0.4) is 0 Å². The SMILES string of the molecule is CN1CCn2nc(NC3=CC(c4ccnc(N5CCn6c(cc7c6[C@@H]6CC[C@H]7C6)C5=O)c4C=O)=CN(C)C3O)cc2C1. The van der Waals surface area contributed by atoms with Gasteiger partial charge < -0.3 is 19.9 Å². The normalized spacial score (nSPS) is 24.7. The van der Waals surface area contributed by atoms with Crippen LogP contribution < -0.4 is 10.2 Å². The van der Waals surface area contributed by atoms with Gasteiger partial charge in [0, 0.05) is 68.9 Å². The monoisotopic (exact) mass is 566 g/mol. The Bertz CT molecular complexity index is 1700. The molecule has 11 nitrogen and oxygen atoms in total. The van der Waals surface area contributed by atoms with Crippen LogP contribution in [0.1, 0.15) is 74.5 Å². The first-order valence-corrected chi connectivity index (χ1v) is 14.7. The van der Waals surface area contributed by atoms with Crippen LogP contribution in [0.15, 0.2) is 42.4 Å². The van der Waals surface area contributed by atoms with Crippen LogP contribution in [0.4, 0.5) is 11.6 Å². The van der Waals surface area contributed by atoms with Crippen molar-refractivity contribution >= 4 is 29.4 Å². The van der Waals surface area contributed by atoms with Gasteiger partial charge in [0.25, 0.3) is 5.91 Å². The minimum atomic E-state index is -0.912. The van der Waals surface area contributed by atoms with Crippen LogP contribution in [-0.4, -0.2) is 79.8 Å². The van der Waals surface area contributed by atoms with Crippen molar-refractivity contribution in [1.82, 2.24) is 29.1 Å². The topological polar surface area (TPSA) is 112 Å². The maximum Gasteiger partial charge on any atom is 0.276 e. The minimum absolute atomic E-state index is 0.111. The molecule has 1 unspecified atom stereocenters. The summed E-state index contributed by atoms with van der Waals surface area (Å²) >= 11 is 0. The molecule has 3 atom stereocenters. The van der Waals surface area contributed by atoms with Crippen molar-refractivity contribution in [2.45, 2.75) is 57.0 Å². The van der Waals surface area contributed by atoms with Crippen LogP contribution in [0.5, 0.6) is 0 Å². The van der Waals surface area contributed by atoms with Crippen LogP contribution in [0, 0.1) is 0 Å². The molecule has 0 saturated heterocycles. The number of nitrogens with zero attached hydrogens (tertiary/aromatic N) is 7. The van der Waals surface area contributed by atoms with E-state index in [4.69, 9.17) is 0 Å². The highest BCUT2D eigenvalue weighted by Crippen LogP contribution is 2.54. The molecule has 1 amide bonds. The number of pyridine rings is 1. The number of aromatic nitrogens is 4. The summed E-state index contributed by atoms with van der Waals surface area (Å²) < 4.78 is 4.21. The van der Waals surface area contributed by atoms with Gasteiger partial charge in [-0.05, 0) is 61.6 Å². The summed E-state index contributed by atoms with van der Waals surface area (Å²) in [7, 11) is 3.87. The standard InChI is InChI=1S/C31H34N8O3/c1-35-7-10-39-21(16-35)13-27(34-39)33-25-12-20(15-36(2)30(25)41)22-5-6-32-29(24(22)17-40)38-9-8-37-26(31(38)42)14-23-18-3-4-19(11-18)28(23)37/h5-6,12-15,17-19,30,41H,3-4,7-11,16H2,1-2H3,(H,33,34)/t18-,19+,30?/m0/s1. The Balaban J connectivity index is 1.12. The third kappa shape index (κ3) is 3.80. The van der Waals surface area contributed by atoms with Crippen molar-refractivity contribution in [3.63, 3.8) is 0 Å². The van der Waals surface area contributed by atoms with E-state index in [1.165, 1.54) is 30.5 Å². The molecule has 8 rings (SSSR count). The van der Waals surface area contributed by atoms with E-state index in [1.807, 2.05) is 16.8 Å². The zero-order valence-electron chi connectivity index (χ0n) is 23.8. The fraction of sp³-hybridized carbons (Fsp3) is 0.419. The molecular formula is C31H34N8O3. The second-order valence-electron chi connectivity index (χ2n) is 12.2. The fourth-order valence-electron chi connectivity index (χ4n) is 7.63. The minimum Gasteiger partial charge on any atom is -0.368 e. The van der Waals surface area contributed by atoms with Gasteiger partial charge in [-0.15, -0.1) is 0 Å². The Morgan fingerprint density at radius 1 is 1.10 bits per heavy atom. The summed E-state index contributed by atoms with van der Waals surface area (Å²) in [5, 5.41) is 19.0. The third-order valence-corrected chi connectivity index (χ3v) is 9.67. The van der Waals surface area contributed by atoms with E-state index in [1.54, 1.807) is 35.3 Å². The average molecular weight is 567 g/mol. The summed E-state index contributed by atoms with van der Waals surface area (Å²) in [6, 6.07) is 5.87. The molecule has 1 fully saturated rings. The Morgan fingerprint density at radius 3 is 2.81 bits per heavy atom. The number of hydrogen-bond donors (Lipinski definition) is 2. The quantitative estimate of drug-likeness (QED) is 0.454. The van der Waals surface area contributed by atoms with Gasteiger partial charge in [-0.1, -0.05) is 0 Å². The number of aliphatic hydroxyl groups excluding tert-OH is 1. The summed E-state index contributed by atoms with van der Waals surface area (Å²) in [5.41, 5.74) is 6.78. The van der Waals surface area contributed by atoms with Crippen molar-refractivity contribution < 1.29 is 14.7 Å². The van der Waals surface area contributed by atoms with Crippen molar-refractivity contribution in [3.05, 3.63) is 76.1 Å². The molecule has 3 aromatic heterocycles. The number of likely N-dealkylation sites (N-methyl/N-ethyl adjacent to an activating group) is 2. The molecule has 2 bridgehead atoms. The second kappa shape index (κ2) is 9.40. The van der Waals surface area contributed by atoms with Gasteiger partial charge in [0.1, 0.15) is 11.5 Å². The van der Waals surface area contributed by atoms with Crippen LogP contribution >= 0.6 is 0 Å². The first-order chi connectivity index (χ1) is 20.4. The van der Waals surface area contributed by atoms with E-state index in [0.29, 0.717) is 59.1 Å². The van der Waals surface area contributed by atoms with Crippen molar-refractivity contribution in [2.75, 3.05) is 37.4 Å². The first-order valence-electron chi connectivity index (χ1n) is 14.7. The zero-order valence-corrected chi connectivity index (χ0v) is 23.8. The van der Waals surface area contributed by atoms with Gasteiger partial charge in [-0.3, -0.25) is 24.1 Å². The number of fused-ring (bicyclic) bond motifs is 8. The van der Waals surface area contributed by atoms with Gasteiger partial charge in [-0.25, -0.2) is 4.98 Å². The largest absolute Gasteiger partial charge is 0.368 e. The Kier molecular flexibility index (Phi) is 5.70. The molecule has 1 saturated carbocycles. The highest BCUT2D eigenvalue weighted by atomic mass is 16.3. The average Bonchev–Trinajstić information content (AvgIpc) is 3.77. The van der Waals surface area contributed by atoms with Gasteiger partial charge in [0.2, 0.25) is 0 Å². The highest BCUT2D eigenvalue weighted by molar-refractivity contribution is 6.08. The molecule has 42 heavy (non-hydrogen) atoms. The number of allylic oxidation sites excluding steroid dienone is 2. The van der Waals surface area contributed by atoms with Crippen LogP contribution in [0.2, 0.25) is 0 Å². The Hall–Kier alpha value is -4.22. The van der Waals surface area contributed by atoms with Gasteiger partial charge in [-0.2, -0.15) is 5.10 Å². The van der Waals surface area contributed by atoms with Crippen LogP contribution in [-0.2, 0) is 19.6 Å². The molecule has 2 N–H and O–H groups in total. The lowest BCUT2D eigenvalue weighted by atomic mass is 9.98. The Labute approximate surface area is 243 Å². The van der Waals surface area contributed by atoms with E-state index in [9.17, 15) is 14.7 Å². The molecule has 6 heterocycles. The number of hydrogen-bond acceptors (Lipinski definition) is 8. The number of amides is 1. The zero-order chi connectivity index (χ0) is 28.7. The number of aldehydes is 1. The molecular weight excluding hydrogens is 532 g/mol. The molecule has 2 aliphatic carbocycles. The van der Waals surface area contributed by atoms with Crippen molar-refractivity contribution in [2.24, 2.45) is 0 Å². The maximum atomic E-state index is 13.8. The maximum absolute atomic E-state index is 13.8. The summed E-state index contributed by atoms with van der Waals surface area (Å²) in [5.74, 6) is 2.06. The Morgan fingerprint density at radius 2 is 1.95 bits per heavy atom. The lowest BCUT2D eigenvalue weighted by Gasteiger charge is -2.32. The van der Waals surface area contributed by atoms with Gasteiger partial charge in [0.05, 0.1) is 23.5 Å². The lowest BCUT2D eigenvalue weighted by Crippen LogP contribution is -2.41. The van der Waals surface area contributed by atoms with E-state index >= 15 is 0 Å². The smallest absolute Gasteiger partial charge is 0.276 e. The highest BCUT2D eigenvalue weighted by Gasteiger charge is 2.43. The second-order valence-corrected chi connectivity index (χ2v) is 12.2. The number of carbonyl (C=O) groups excluding carboxylic acids is 2. The molecule has 5 aliphatic rings. The molecule has 0 spiro atoms. The number of carbonyl (C=O) groups is 2. The predicted octanol–water partition coefficient (Wildman–Crippen LogP) is 2.96. The summed E-state index contributed by atoms with van der Waals surface area (Å²) in [6.45, 7) is 3.71. The fourth-order valence-corrected chi connectivity index (χ4v) is 7.63. The number of nitrogens with one attached hydrogen (secondary N) is 1. The number of anilines is 2. The predicted molar refractivity (Wildman–Crippen MR) is 157 cm³/mol. The third-order valence-electron chi connectivity index (χ3n) is 9.67. The van der Waals surface area contributed by atoms with Crippen molar-refractivity contribution in [3.8, 4) is 0 Å².